The van der Waals surface area contributed by atoms with Crippen LogP contribution in [0, 0.1) is 6.92 Å². The molecule has 2 rings (SSSR count). The van der Waals surface area contributed by atoms with E-state index in [-0.39, 0.29) is 17.0 Å². The van der Waals surface area contributed by atoms with Crippen LogP contribution in [0.1, 0.15) is 21.7 Å². The Morgan fingerprint density at radius 1 is 1.33 bits per heavy atom. The summed E-state index contributed by atoms with van der Waals surface area (Å²) in [6.07, 6.45) is 1.46. The molecule has 0 fully saturated rings. The van der Waals surface area contributed by atoms with Gasteiger partial charge in [0.25, 0.3) is 0 Å². The first-order valence-corrected chi connectivity index (χ1v) is 7.59. The molecule has 0 aliphatic carbocycles. The van der Waals surface area contributed by atoms with E-state index in [2.05, 4.69) is 0 Å². The lowest BCUT2D eigenvalue weighted by molar-refractivity contribution is 0.0696. The van der Waals surface area contributed by atoms with Crippen LogP contribution in [0.25, 0.3) is 0 Å². The lowest BCUT2D eigenvalue weighted by atomic mass is 10.1. The second-order valence-electron chi connectivity index (χ2n) is 4.63. The number of hydrogen-bond acceptors (Lipinski definition) is 4. The zero-order chi connectivity index (χ0) is 15.6. The fraction of sp³-hybridized carbons (Fsp3) is 0.214. The summed E-state index contributed by atoms with van der Waals surface area (Å²) in [4.78, 5) is 11.0. The van der Waals surface area contributed by atoms with Gasteiger partial charge >= 0.3 is 5.97 Å². The van der Waals surface area contributed by atoms with Gasteiger partial charge in [0.05, 0.1) is 23.3 Å². The molecule has 6 nitrogen and oxygen atoms in total. The minimum Gasteiger partial charge on any atom is -0.478 e. The summed E-state index contributed by atoms with van der Waals surface area (Å²) in [7, 11) is -2.37. The van der Waals surface area contributed by atoms with Gasteiger partial charge in [-0.1, -0.05) is 6.07 Å². The number of aryl methyl sites for hydroxylation is 1. The van der Waals surface area contributed by atoms with E-state index in [9.17, 15) is 13.2 Å². The summed E-state index contributed by atoms with van der Waals surface area (Å²) >= 11 is 0. The molecule has 0 saturated heterocycles. The first-order valence-electron chi connectivity index (χ1n) is 6.15. The van der Waals surface area contributed by atoms with Crippen molar-refractivity contribution in [2.75, 3.05) is 7.05 Å². The third kappa shape index (κ3) is 3.14. The molecular formula is C14H15NO5S. The number of benzene rings is 1. The molecule has 2 aromatic rings. The standard InChI is InChI=1S/C14H15NO5S/c1-10-5-6-11(14(16)17)8-13(10)21(18,19)15(2)9-12-4-3-7-20-12/h3-8H,9H2,1-2H3,(H,16,17). The lowest BCUT2D eigenvalue weighted by Gasteiger charge is -2.17. The van der Waals surface area contributed by atoms with Crippen LogP contribution >= 0.6 is 0 Å². The van der Waals surface area contributed by atoms with E-state index in [1.807, 2.05) is 0 Å². The molecule has 0 bridgehead atoms. The molecule has 0 amide bonds. The minimum atomic E-state index is -3.79. The average Bonchev–Trinajstić information content (AvgIpc) is 2.91. The maximum Gasteiger partial charge on any atom is 0.335 e. The Bertz CT molecular complexity index is 750. The number of rotatable bonds is 5. The van der Waals surface area contributed by atoms with Crippen molar-refractivity contribution >= 4 is 16.0 Å². The Morgan fingerprint density at radius 2 is 2.05 bits per heavy atom. The van der Waals surface area contributed by atoms with Crippen molar-refractivity contribution < 1.29 is 22.7 Å². The van der Waals surface area contributed by atoms with Crippen molar-refractivity contribution in [3.63, 3.8) is 0 Å². The number of carbonyl (C=O) groups is 1. The second-order valence-corrected chi connectivity index (χ2v) is 6.64. The van der Waals surface area contributed by atoms with Crippen LogP contribution in [0.15, 0.2) is 45.9 Å². The molecule has 112 valence electrons. The quantitative estimate of drug-likeness (QED) is 0.914. The molecule has 1 aromatic carbocycles. The number of sulfonamides is 1. The van der Waals surface area contributed by atoms with Gasteiger partial charge in [-0.2, -0.15) is 4.31 Å². The third-order valence-electron chi connectivity index (χ3n) is 3.08. The highest BCUT2D eigenvalue weighted by molar-refractivity contribution is 7.89. The fourth-order valence-corrected chi connectivity index (χ4v) is 3.27. The number of hydrogen-bond donors (Lipinski definition) is 1. The molecule has 1 N–H and O–H groups in total. The zero-order valence-electron chi connectivity index (χ0n) is 11.6. The highest BCUT2D eigenvalue weighted by atomic mass is 32.2. The van der Waals surface area contributed by atoms with E-state index in [0.29, 0.717) is 11.3 Å². The summed E-state index contributed by atoms with van der Waals surface area (Å²) in [5, 5.41) is 8.99. The normalized spacial score (nSPS) is 11.8. The zero-order valence-corrected chi connectivity index (χ0v) is 12.4. The first-order chi connectivity index (χ1) is 9.82. The highest BCUT2D eigenvalue weighted by Crippen LogP contribution is 2.22. The fourth-order valence-electron chi connectivity index (χ4n) is 1.89. The Hall–Kier alpha value is -2.12. The van der Waals surface area contributed by atoms with Gasteiger partial charge in [-0.3, -0.25) is 0 Å². The predicted octanol–water partition coefficient (Wildman–Crippen LogP) is 2.11. The molecule has 1 heterocycles. The van der Waals surface area contributed by atoms with Crippen molar-refractivity contribution in [3.8, 4) is 0 Å². The van der Waals surface area contributed by atoms with Crippen LogP contribution in [0.3, 0.4) is 0 Å². The Labute approximate surface area is 122 Å². The van der Waals surface area contributed by atoms with Gasteiger partial charge in [-0.05, 0) is 36.8 Å². The summed E-state index contributed by atoms with van der Waals surface area (Å²) in [5.41, 5.74) is 0.428. The van der Waals surface area contributed by atoms with E-state index in [4.69, 9.17) is 9.52 Å². The molecule has 0 atom stereocenters. The molecular weight excluding hydrogens is 294 g/mol. The van der Waals surface area contributed by atoms with E-state index in [0.717, 1.165) is 4.31 Å². The molecule has 0 aliphatic heterocycles. The van der Waals surface area contributed by atoms with Crippen molar-refractivity contribution in [3.05, 3.63) is 53.5 Å². The summed E-state index contributed by atoms with van der Waals surface area (Å²) in [5.74, 6) is -0.659. The van der Waals surface area contributed by atoms with Gasteiger partial charge in [-0.15, -0.1) is 0 Å². The van der Waals surface area contributed by atoms with Crippen LogP contribution in [-0.2, 0) is 16.6 Å². The molecule has 7 heteroatoms. The molecule has 0 spiro atoms. The lowest BCUT2D eigenvalue weighted by Crippen LogP contribution is -2.27. The highest BCUT2D eigenvalue weighted by Gasteiger charge is 2.24. The van der Waals surface area contributed by atoms with Crippen LogP contribution in [0.4, 0.5) is 0 Å². The number of carboxylic acid groups (broad SMARTS) is 1. The van der Waals surface area contributed by atoms with Crippen LogP contribution in [0.5, 0.6) is 0 Å². The number of furan rings is 1. The van der Waals surface area contributed by atoms with Crippen LogP contribution in [0.2, 0.25) is 0 Å². The Morgan fingerprint density at radius 3 is 2.62 bits per heavy atom. The predicted molar refractivity (Wildman–Crippen MR) is 75.5 cm³/mol. The summed E-state index contributed by atoms with van der Waals surface area (Å²) in [6.45, 7) is 1.70. The summed E-state index contributed by atoms with van der Waals surface area (Å²) < 4.78 is 31.3. The van der Waals surface area contributed by atoms with Gasteiger partial charge < -0.3 is 9.52 Å². The minimum absolute atomic E-state index is 0.0172. The second kappa shape index (κ2) is 5.71. The smallest absolute Gasteiger partial charge is 0.335 e. The monoisotopic (exact) mass is 309 g/mol. The van der Waals surface area contributed by atoms with E-state index >= 15 is 0 Å². The maximum absolute atomic E-state index is 12.5. The molecule has 0 saturated carbocycles. The number of nitrogens with zero attached hydrogens (tertiary/aromatic N) is 1. The van der Waals surface area contributed by atoms with Crippen molar-refractivity contribution in [1.29, 1.82) is 0 Å². The molecule has 1 aromatic heterocycles. The van der Waals surface area contributed by atoms with Gasteiger partial charge in [0.15, 0.2) is 0 Å². The number of carboxylic acids is 1. The van der Waals surface area contributed by atoms with E-state index in [1.165, 1.54) is 31.5 Å². The molecule has 21 heavy (non-hydrogen) atoms. The molecule has 0 radical (unpaired) electrons. The largest absolute Gasteiger partial charge is 0.478 e. The number of aromatic carboxylic acids is 1. The van der Waals surface area contributed by atoms with Gasteiger partial charge in [0.1, 0.15) is 5.76 Å². The van der Waals surface area contributed by atoms with E-state index < -0.39 is 16.0 Å². The SMILES string of the molecule is Cc1ccc(C(=O)O)cc1S(=O)(=O)N(C)Cc1ccco1. The maximum atomic E-state index is 12.5. The summed E-state index contributed by atoms with van der Waals surface area (Å²) in [6, 6.07) is 7.38. The molecule has 0 aliphatic rings. The van der Waals surface area contributed by atoms with Gasteiger partial charge in [0.2, 0.25) is 10.0 Å². The third-order valence-corrected chi connectivity index (χ3v) is 5.03. The average molecular weight is 309 g/mol. The van der Waals surface area contributed by atoms with Crippen LogP contribution in [-0.4, -0.2) is 30.8 Å². The topological polar surface area (TPSA) is 87.8 Å². The van der Waals surface area contributed by atoms with Crippen molar-refractivity contribution in [2.45, 2.75) is 18.4 Å². The van der Waals surface area contributed by atoms with Crippen molar-refractivity contribution in [1.82, 2.24) is 4.31 Å². The Balaban J connectivity index is 2.38. The van der Waals surface area contributed by atoms with Gasteiger partial charge in [0, 0.05) is 7.05 Å². The van der Waals surface area contributed by atoms with Gasteiger partial charge in [-0.25, -0.2) is 13.2 Å². The van der Waals surface area contributed by atoms with E-state index in [1.54, 1.807) is 19.1 Å². The Kier molecular flexibility index (Phi) is 4.15. The first kappa shape index (κ1) is 15.3. The van der Waals surface area contributed by atoms with Crippen molar-refractivity contribution in [2.24, 2.45) is 0 Å². The molecule has 0 unspecified atom stereocenters. The van der Waals surface area contributed by atoms with Crippen LogP contribution < -0.4 is 0 Å².